The molecular weight excluding hydrogens is 205 g/mol. The van der Waals surface area contributed by atoms with Crippen LogP contribution < -0.4 is 10.5 Å². The summed E-state index contributed by atoms with van der Waals surface area (Å²) in [4.78, 5) is 0. The second-order valence-corrected chi connectivity index (χ2v) is 3.46. The van der Waals surface area contributed by atoms with Crippen LogP contribution in [-0.2, 0) is 0 Å². The van der Waals surface area contributed by atoms with Gasteiger partial charge in [0.15, 0.2) is 11.6 Å². The molecular formula is C13H18FNO. The van der Waals surface area contributed by atoms with E-state index >= 15 is 0 Å². The summed E-state index contributed by atoms with van der Waals surface area (Å²) < 4.78 is 18.6. The van der Waals surface area contributed by atoms with Crippen molar-refractivity contribution in [3.8, 4) is 5.75 Å². The van der Waals surface area contributed by atoms with Gasteiger partial charge >= 0.3 is 0 Å². The fraction of sp³-hybridized carbons (Fsp3) is 0.385. The number of allylic oxidation sites excluding steroid dienone is 1. The highest BCUT2D eigenvalue weighted by Crippen LogP contribution is 2.19. The Kier molecular flexibility index (Phi) is 5.57. The first-order chi connectivity index (χ1) is 7.77. The average molecular weight is 223 g/mol. The molecule has 0 saturated carbocycles. The topological polar surface area (TPSA) is 35.2 Å². The maximum Gasteiger partial charge on any atom is 0.165 e. The number of ether oxygens (including phenoxy) is 1. The fourth-order valence-electron chi connectivity index (χ4n) is 1.35. The number of hydrogen-bond acceptors (Lipinski definition) is 2. The summed E-state index contributed by atoms with van der Waals surface area (Å²) in [5.74, 6) is -0.00978. The Labute approximate surface area is 95.9 Å². The molecule has 0 spiro atoms. The molecule has 88 valence electrons. The quantitative estimate of drug-likeness (QED) is 0.752. The first kappa shape index (κ1) is 12.7. The van der Waals surface area contributed by atoms with Crippen LogP contribution in [0.15, 0.2) is 24.3 Å². The third-order valence-corrected chi connectivity index (χ3v) is 2.14. The van der Waals surface area contributed by atoms with E-state index in [1.165, 1.54) is 6.07 Å². The number of rotatable bonds is 6. The Balaban J connectivity index is 2.62. The zero-order valence-electron chi connectivity index (χ0n) is 9.58. The molecule has 0 heterocycles. The summed E-state index contributed by atoms with van der Waals surface area (Å²) in [5, 5.41) is 0. The first-order valence-electron chi connectivity index (χ1n) is 5.57. The van der Waals surface area contributed by atoms with Gasteiger partial charge in [-0.25, -0.2) is 4.39 Å². The van der Waals surface area contributed by atoms with E-state index in [-0.39, 0.29) is 5.82 Å². The smallest absolute Gasteiger partial charge is 0.165 e. The lowest BCUT2D eigenvalue weighted by molar-refractivity contribution is 0.321. The Morgan fingerprint density at radius 1 is 1.44 bits per heavy atom. The fourth-order valence-corrected chi connectivity index (χ4v) is 1.35. The van der Waals surface area contributed by atoms with E-state index in [2.05, 4.69) is 0 Å². The SMILES string of the molecule is CCOc1ccc(/C=C/CCCN)cc1F. The molecule has 0 amide bonds. The summed E-state index contributed by atoms with van der Waals surface area (Å²) in [7, 11) is 0. The summed E-state index contributed by atoms with van der Waals surface area (Å²) in [6, 6.07) is 4.97. The second kappa shape index (κ2) is 7.01. The summed E-state index contributed by atoms with van der Waals surface area (Å²) in [6.07, 6.45) is 5.78. The molecule has 0 atom stereocenters. The van der Waals surface area contributed by atoms with Gasteiger partial charge in [-0.3, -0.25) is 0 Å². The van der Waals surface area contributed by atoms with Crippen LogP contribution in [0.3, 0.4) is 0 Å². The number of unbranched alkanes of at least 4 members (excludes halogenated alkanes) is 1. The average Bonchev–Trinajstić information content (AvgIpc) is 2.28. The molecule has 1 aromatic rings. The van der Waals surface area contributed by atoms with E-state index in [1.807, 2.05) is 25.1 Å². The highest BCUT2D eigenvalue weighted by atomic mass is 19.1. The largest absolute Gasteiger partial charge is 0.491 e. The molecule has 2 nitrogen and oxygen atoms in total. The van der Waals surface area contributed by atoms with Crippen LogP contribution in [0.5, 0.6) is 5.75 Å². The molecule has 0 radical (unpaired) electrons. The van der Waals surface area contributed by atoms with Gasteiger partial charge in [0, 0.05) is 0 Å². The molecule has 16 heavy (non-hydrogen) atoms. The monoisotopic (exact) mass is 223 g/mol. The van der Waals surface area contributed by atoms with Gasteiger partial charge in [-0.2, -0.15) is 0 Å². The number of benzene rings is 1. The minimum Gasteiger partial charge on any atom is -0.491 e. The van der Waals surface area contributed by atoms with Crippen LogP contribution in [0.4, 0.5) is 4.39 Å². The van der Waals surface area contributed by atoms with Crippen LogP contribution in [-0.4, -0.2) is 13.2 Å². The molecule has 0 aliphatic rings. The van der Waals surface area contributed by atoms with Crippen molar-refractivity contribution < 1.29 is 9.13 Å². The molecule has 0 aromatic heterocycles. The van der Waals surface area contributed by atoms with Gasteiger partial charge in [0.05, 0.1) is 6.61 Å². The van der Waals surface area contributed by atoms with E-state index in [9.17, 15) is 4.39 Å². The standard InChI is InChI=1S/C13H18FNO/c1-2-16-13-8-7-11(10-12(13)14)6-4-3-5-9-15/h4,6-8,10H,2-3,5,9,15H2,1H3/b6-4+. The van der Waals surface area contributed by atoms with Gasteiger partial charge in [-0.15, -0.1) is 0 Å². The van der Waals surface area contributed by atoms with Crippen molar-refractivity contribution in [2.45, 2.75) is 19.8 Å². The van der Waals surface area contributed by atoms with E-state index < -0.39 is 0 Å². The highest BCUT2D eigenvalue weighted by Gasteiger charge is 2.01. The Morgan fingerprint density at radius 3 is 2.88 bits per heavy atom. The van der Waals surface area contributed by atoms with Crippen LogP contribution in [0.25, 0.3) is 6.08 Å². The minimum absolute atomic E-state index is 0.307. The predicted octanol–water partition coefficient (Wildman–Crippen LogP) is 2.98. The van der Waals surface area contributed by atoms with Crippen LogP contribution in [0, 0.1) is 5.82 Å². The molecule has 0 unspecified atom stereocenters. The summed E-state index contributed by atoms with van der Waals surface area (Å²) in [6.45, 7) is 2.99. The molecule has 1 aromatic carbocycles. The lowest BCUT2D eigenvalue weighted by atomic mass is 10.1. The van der Waals surface area contributed by atoms with E-state index in [0.29, 0.717) is 18.9 Å². The van der Waals surface area contributed by atoms with Crippen LogP contribution in [0.2, 0.25) is 0 Å². The molecule has 0 aliphatic heterocycles. The third kappa shape index (κ3) is 4.03. The van der Waals surface area contributed by atoms with Gasteiger partial charge in [-0.1, -0.05) is 18.2 Å². The van der Waals surface area contributed by atoms with E-state index in [1.54, 1.807) is 6.07 Å². The van der Waals surface area contributed by atoms with Gasteiger partial charge in [-0.05, 0) is 44.0 Å². The number of halogens is 1. The molecule has 1 rings (SSSR count). The Bertz CT molecular complexity index is 350. The van der Waals surface area contributed by atoms with Crippen molar-refractivity contribution in [2.24, 2.45) is 5.73 Å². The minimum atomic E-state index is -0.317. The highest BCUT2D eigenvalue weighted by molar-refractivity contribution is 5.50. The van der Waals surface area contributed by atoms with Crippen LogP contribution in [0.1, 0.15) is 25.3 Å². The van der Waals surface area contributed by atoms with Crippen molar-refractivity contribution in [1.82, 2.24) is 0 Å². The predicted molar refractivity (Wildman–Crippen MR) is 64.9 cm³/mol. The van der Waals surface area contributed by atoms with Crippen molar-refractivity contribution >= 4 is 6.08 Å². The zero-order valence-corrected chi connectivity index (χ0v) is 9.58. The molecule has 0 aliphatic carbocycles. The van der Waals surface area contributed by atoms with Gasteiger partial charge in [0.1, 0.15) is 0 Å². The third-order valence-electron chi connectivity index (χ3n) is 2.14. The van der Waals surface area contributed by atoms with Crippen molar-refractivity contribution in [1.29, 1.82) is 0 Å². The lowest BCUT2D eigenvalue weighted by Crippen LogP contribution is -1.96. The summed E-state index contributed by atoms with van der Waals surface area (Å²) in [5.41, 5.74) is 6.22. The molecule has 0 fully saturated rings. The zero-order chi connectivity index (χ0) is 11.8. The van der Waals surface area contributed by atoms with Crippen molar-refractivity contribution in [2.75, 3.05) is 13.2 Å². The second-order valence-electron chi connectivity index (χ2n) is 3.46. The Hall–Kier alpha value is -1.35. The molecule has 0 bridgehead atoms. The Morgan fingerprint density at radius 2 is 2.25 bits per heavy atom. The van der Waals surface area contributed by atoms with Crippen molar-refractivity contribution in [3.05, 3.63) is 35.7 Å². The molecule has 2 N–H and O–H groups in total. The van der Waals surface area contributed by atoms with Gasteiger partial charge in [0.25, 0.3) is 0 Å². The number of hydrogen-bond donors (Lipinski definition) is 1. The maximum absolute atomic E-state index is 13.4. The molecule has 3 heteroatoms. The normalized spacial score (nSPS) is 10.9. The molecule has 0 saturated heterocycles. The lowest BCUT2D eigenvalue weighted by Gasteiger charge is -2.04. The van der Waals surface area contributed by atoms with Gasteiger partial charge < -0.3 is 10.5 Å². The first-order valence-corrected chi connectivity index (χ1v) is 5.57. The van der Waals surface area contributed by atoms with E-state index in [0.717, 1.165) is 18.4 Å². The maximum atomic E-state index is 13.4. The van der Waals surface area contributed by atoms with Gasteiger partial charge in [0.2, 0.25) is 0 Å². The van der Waals surface area contributed by atoms with Crippen molar-refractivity contribution in [3.63, 3.8) is 0 Å². The summed E-state index contributed by atoms with van der Waals surface area (Å²) >= 11 is 0. The van der Waals surface area contributed by atoms with Crippen LogP contribution >= 0.6 is 0 Å². The van der Waals surface area contributed by atoms with E-state index in [4.69, 9.17) is 10.5 Å². The number of nitrogens with two attached hydrogens (primary N) is 1.